The molecule has 6 rings (SSSR count). The zero-order chi connectivity index (χ0) is 36.5. The molecule has 4 fully saturated rings. The molecule has 0 aliphatic heterocycles. The van der Waals surface area contributed by atoms with E-state index < -0.39 is 17.4 Å². The number of carbonyl (C=O) groups excluding carboxylic acids is 4. The van der Waals surface area contributed by atoms with Crippen LogP contribution in [-0.4, -0.2) is 50.1 Å². The number of methoxy groups -OCH3 is 2. The van der Waals surface area contributed by atoms with Crippen molar-refractivity contribution in [2.75, 3.05) is 14.2 Å². The van der Waals surface area contributed by atoms with E-state index >= 15 is 0 Å². The summed E-state index contributed by atoms with van der Waals surface area (Å²) >= 11 is 0. The van der Waals surface area contributed by atoms with Gasteiger partial charge >= 0.3 is 18.0 Å². The molecule has 2 unspecified atom stereocenters. The van der Waals surface area contributed by atoms with E-state index in [1.807, 2.05) is 30.3 Å². The molecule has 1 aromatic carbocycles. The van der Waals surface area contributed by atoms with E-state index in [4.69, 9.17) is 9.47 Å². The molecule has 8 heteroatoms. The van der Waals surface area contributed by atoms with Crippen LogP contribution in [0.4, 0.5) is 4.79 Å². The van der Waals surface area contributed by atoms with Crippen LogP contribution in [0, 0.1) is 50.2 Å². The highest BCUT2D eigenvalue weighted by Gasteiger charge is 2.70. The average molecular weight is 689 g/mol. The second kappa shape index (κ2) is 12.5. The van der Waals surface area contributed by atoms with Crippen molar-refractivity contribution in [3.05, 3.63) is 47.5 Å². The summed E-state index contributed by atoms with van der Waals surface area (Å²) in [6.45, 7) is 16.1. The Morgan fingerprint density at radius 1 is 0.860 bits per heavy atom. The fraction of sp³-hybridized carbons (Fsp3) is 0.714. The minimum atomic E-state index is -0.802. The monoisotopic (exact) mass is 688 g/mol. The Balaban J connectivity index is 1.25. The van der Waals surface area contributed by atoms with Crippen molar-refractivity contribution in [1.29, 1.82) is 0 Å². The summed E-state index contributed by atoms with van der Waals surface area (Å²) in [5.74, 6) is -0.0769. The molecule has 8 nitrogen and oxygen atoms in total. The van der Waals surface area contributed by atoms with E-state index in [9.17, 15) is 19.2 Å². The molecule has 2 amide bonds. The van der Waals surface area contributed by atoms with Crippen molar-refractivity contribution in [1.82, 2.24) is 10.6 Å². The maximum atomic E-state index is 14.8. The Bertz CT molecular complexity index is 1570. The number of hydrogen-bond acceptors (Lipinski definition) is 6. The van der Waals surface area contributed by atoms with Gasteiger partial charge in [-0.05, 0) is 115 Å². The third-order valence-corrected chi connectivity index (χ3v) is 15.7. The number of fused-ring (bicyclic) bond motifs is 7. The van der Waals surface area contributed by atoms with E-state index in [1.54, 1.807) is 0 Å². The average Bonchev–Trinajstić information content (AvgIpc) is 3.07. The van der Waals surface area contributed by atoms with Gasteiger partial charge in [0.15, 0.2) is 5.78 Å². The number of allylic oxidation sites excluding steroid dienone is 2. The molecular weight excluding hydrogens is 628 g/mol. The van der Waals surface area contributed by atoms with Crippen LogP contribution in [0.25, 0.3) is 0 Å². The van der Waals surface area contributed by atoms with Crippen LogP contribution in [-0.2, 0) is 30.3 Å². The molecule has 274 valence electrons. The second-order valence-corrected chi connectivity index (χ2v) is 18.5. The molecule has 0 bridgehead atoms. The van der Waals surface area contributed by atoms with Crippen molar-refractivity contribution in [3.63, 3.8) is 0 Å². The first-order valence-electron chi connectivity index (χ1n) is 18.9. The lowest BCUT2D eigenvalue weighted by Gasteiger charge is -2.70. The fourth-order valence-corrected chi connectivity index (χ4v) is 12.4. The topological polar surface area (TPSA) is 111 Å². The van der Waals surface area contributed by atoms with Crippen LogP contribution in [0.3, 0.4) is 0 Å². The molecular formula is C42H60N2O6. The highest BCUT2D eigenvalue weighted by atomic mass is 16.5. The lowest BCUT2D eigenvalue weighted by atomic mass is 9.33. The Kier molecular flexibility index (Phi) is 9.16. The Morgan fingerprint density at radius 2 is 1.54 bits per heavy atom. The number of rotatable bonds is 6. The number of nitrogens with one attached hydrogen (secondary N) is 2. The van der Waals surface area contributed by atoms with Crippen molar-refractivity contribution >= 4 is 23.8 Å². The Morgan fingerprint density at radius 3 is 2.20 bits per heavy atom. The Labute approximate surface area is 299 Å². The van der Waals surface area contributed by atoms with E-state index in [0.717, 1.165) is 63.4 Å². The predicted molar refractivity (Wildman–Crippen MR) is 193 cm³/mol. The first-order chi connectivity index (χ1) is 23.4. The minimum Gasteiger partial charge on any atom is -0.469 e. The molecule has 5 aliphatic carbocycles. The second-order valence-electron chi connectivity index (χ2n) is 18.5. The maximum Gasteiger partial charge on any atom is 0.328 e. The summed E-state index contributed by atoms with van der Waals surface area (Å²) in [7, 11) is 2.83. The molecule has 1 aromatic rings. The van der Waals surface area contributed by atoms with Crippen molar-refractivity contribution in [2.45, 2.75) is 125 Å². The molecule has 50 heavy (non-hydrogen) atoms. The van der Waals surface area contributed by atoms with Crippen molar-refractivity contribution in [3.8, 4) is 0 Å². The molecule has 0 spiro atoms. The summed E-state index contributed by atoms with van der Waals surface area (Å²) in [6, 6.07) is 8.32. The minimum absolute atomic E-state index is 0.0731. The van der Waals surface area contributed by atoms with Gasteiger partial charge in [-0.25, -0.2) is 9.59 Å². The van der Waals surface area contributed by atoms with Crippen LogP contribution in [0.15, 0.2) is 42.0 Å². The normalized spacial score (nSPS) is 40.7. The van der Waals surface area contributed by atoms with Gasteiger partial charge in [-0.3, -0.25) is 9.59 Å². The predicted octanol–water partition coefficient (Wildman–Crippen LogP) is 7.59. The quantitative estimate of drug-likeness (QED) is 0.298. The highest BCUT2D eigenvalue weighted by Crippen LogP contribution is 2.75. The first kappa shape index (κ1) is 36.6. The van der Waals surface area contributed by atoms with Gasteiger partial charge in [-0.15, -0.1) is 0 Å². The highest BCUT2D eigenvalue weighted by molar-refractivity contribution is 5.96. The number of amides is 2. The van der Waals surface area contributed by atoms with Crippen LogP contribution in [0.1, 0.15) is 112 Å². The number of hydrogen-bond donors (Lipinski definition) is 2. The van der Waals surface area contributed by atoms with E-state index in [-0.39, 0.29) is 68.7 Å². The zero-order valence-electron chi connectivity index (χ0n) is 31.9. The van der Waals surface area contributed by atoms with Gasteiger partial charge < -0.3 is 20.1 Å². The van der Waals surface area contributed by atoms with Gasteiger partial charge in [0.2, 0.25) is 0 Å². The van der Waals surface area contributed by atoms with Crippen LogP contribution in [0.5, 0.6) is 0 Å². The van der Waals surface area contributed by atoms with Gasteiger partial charge in [0.1, 0.15) is 6.04 Å². The standard InChI is InChI=1S/C42H60N2O6/c1-37(2)31-15-18-42(7)33(30(45)24-27-28-25-39(4,35(47)50-9)20-19-38(28,3)21-22-41(27,42)6)40(31,5)17-16-32(37)44-36(48)43-29(34(46)49-8)23-26-13-11-10-12-14-26/h10-14,24,28-29,31-33H,15-23,25H2,1-9H3,(H2,43,44,48)/t28?,29-,31-,32?,33+,38+,39-,40-,41+,42+/m0/s1. The van der Waals surface area contributed by atoms with Gasteiger partial charge in [-0.2, -0.15) is 0 Å². The maximum absolute atomic E-state index is 14.8. The first-order valence-corrected chi connectivity index (χ1v) is 18.9. The number of ketones is 1. The number of ether oxygens (including phenoxy) is 2. The lowest BCUT2D eigenvalue weighted by Crippen LogP contribution is -2.68. The van der Waals surface area contributed by atoms with E-state index in [0.29, 0.717) is 6.42 Å². The van der Waals surface area contributed by atoms with Crippen LogP contribution >= 0.6 is 0 Å². The summed E-state index contributed by atoms with van der Waals surface area (Å²) in [5, 5.41) is 6.17. The fourth-order valence-electron chi connectivity index (χ4n) is 12.4. The summed E-state index contributed by atoms with van der Waals surface area (Å²) < 4.78 is 10.3. The third kappa shape index (κ3) is 5.53. The molecule has 0 radical (unpaired) electrons. The SMILES string of the molecule is COC(=O)[C@H](Cc1ccccc1)NC(=O)NC1CC[C@]2(C)[C@H]3C(=O)C=C4C5C[C@@](C)(C(=O)OC)CC[C@]5(C)CC[C@@]4(C)[C@]3(C)CC[C@H]2C1(C)C. The van der Waals surface area contributed by atoms with Gasteiger partial charge in [0.05, 0.1) is 19.6 Å². The van der Waals surface area contributed by atoms with Gasteiger partial charge in [0, 0.05) is 18.4 Å². The number of benzene rings is 1. The Hall–Kier alpha value is -3.16. The number of carbonyl (C=O) groups is 4. The largest absolute Gasteiger partial charge is 0.469 e. The molecule has 0 heterocycles. The lowest BCUT2D eigenvalue weighted by molar-refractivity contribution is -0.189. The molecule has 0 saturated heterocycles. The molecule has 2 N–H and O–H groups in total. The van der Waals surface area contributed by atoms with Crippen molar-refractivity contribution in [2.24, 2.45) is 50.2 Å². The van der Waals surface area contributed by atoms with Gasteiger partial charge in [-0.1, -0.05) is 77.4 Å². The molecule has 0 aromatic heterocycles. The van der Waals surface area contributed by atoms with E-state index in [2.05, 4.69) is 65.2 Å². The van der Waals surface area contributed by atoms with E-state index in [1.165, 1.54) is 19.8 Å². The van der Waals surface area contributed by atoms with Crippen molar-refractivity contribution < 1.29 is 28.7 Å². The zero-order valence-corrected chi connectivity index (χ0v) is 31.9. The smallest absolute Gasteiger partial charge is 0.328 e. The summed E-state index contributed by atoms with van der Waals surface area (Å²) in [4.78, 5) is 54.0. The third-order valence-electron chi connectivity index (χ3n) is 15.7. The van der Waals surface area contributed by atoms with Crippen LogP contribution < -0.4 is 10.6 Å². The number of urea groups is 1. The molecule has 5 aliphatic rings. The summed E-state index contributed by atoms with van der Waals surface area (Å²) in [6.07, 6.45) is 10.6. The van der Waals surface area contributed by atoms with Crippen LogP contribution in [0.2, 0.25) is 0 Å². The van der Waals surface area contributed by atoms with Gasteiger partial charge in [0.25, 0.3) is 0 Å². The number of esters is 2. The summed E-state index contributed by atoms with van der Waals surface area (Å²) in [5.41, 5.74) is 0.892. The molecule has 10 atom stereocenters. The molecule has 4 saturated carbocycles.